The number of methoxy groups -OCH3 is 1. The molecule has 0 fully saturated rings. The first-order valence-corrected chi connectivity index (χ1v) is 8.10. The second kappa shape index (κ2) is 6.62. The van der Waals surface area contributed by atoms with Crippen molar-refractivity contribution < 1.29 is 17.9 Å². The van der Waals surface area contributed by atoms with Gasteiger partial charge >= 0.3 is 5.97 Å². The maximum Gasteiger partial charge on any atom is 0.326 e. The van der Waals surface area contributed by atoms with Crippen LogP contribution in [0.15, 0.2) is 59.5 Å². The minimum Gasteiger partial charge on any atom is -0.468 e. The summed E-state index contributed by atoms with van der Waals surface area (Å²) in [6.07, 6.45) is 0. The van der Waals surface area contributed by atoms with E-state index in [1.165, 1.54) is 19.2 Å². The number of carbonyl (C=O) groups is 1. The Morgan fingerprint density at radius 1 is 1.05 bits per heavy atom. The molecule has 0 aliphatic heterocycles. The zero-order chi connectivity index (χ0) is 16.2. The highest BCUT2D eigenvalue weighted by Crippen LogP contribution is 2.23. The van der Waals surface area contributed by atoms with E-state index in [2.05, 4.69) is 4.74 Å². The molecule has 0 spiro atoms. The molecular formula is C16H17NO4S. The van der Waals surface area contributed by atoms with Crippen molar-refractivity contribution >= 4 is 21.7 Å². The van der Waals surface area contributed by atoms with Gasteiger partial charge in [-0.3, -0.25) is 9.10 Å². The summed E-state index contributed by atoms with van der Waals surface area (Å²) < 4.78 is 31.2. The maximum absolute atomic E-state index is 12.8. The number of hydrogen-bond donors (Lipinski definition) is 0. The Morgan fingerprint density at radius 3 is 2.18 bits per heavy atom. The summed E-state index contributed by atoms with van der Waals surface area (Å²) in [5.74, 6) is -0.625. The minimum absolute atomic E-state index is 0.125. The van der Waals surface area contributed by atoms with Crippen molar-refractivity contribution in [3.8, 4) is 0 Å². The molecule has 22 heavy (non-hydrogen) atoms. The van der Waals surface area contributed by atoms with Crippen molar-refractivity contribution in [2.24, 2.45) is 0 Å². The molecule has 0 amide bonds. The first-order valence-electron chi connectivity index (χ1n) is 6.66. The molecule has 116 valence electrons. The van der Waals surface area contributed by atoms with Gasteiger partial charge in [0.1, 0.15) is 6.54 Å². The van der Waals surface area contributed by atoms with Crippen molar-refractivity contribution in [2.75, 3.05) is 18.0 Å². The Hall–Kier alpha value is -2.34. The van der Waals surface area contributed by atoms with Crippen LogP contribution in [-0.2, 0) is 19.6 Å². The molecule has 0 aromatic heterocycles. The lowest BCUT2D eigenvalue weighted by Crippen LogP contribution is -2.36. The van der Waals surface area contributed by atoms with Crippen LogP contribution >= 0.6 is 0 Å². The summed E-state index contributed by atoms with van der Waals surface area (Å²) in [7, 11) is -2.61. The molecule has 0 unspecified atom stereocenters. The van der Waals surface area contributed by atoms with Crippen LogP contribution in [0.5, 0.6) is 0 Å². The third-order valence-electron chi connectivity index (χ3n) is 3.15. The first-order chi connectivity index (χ1) is 10.4. The monoisotopic (exact) mass is 319 g/mol. The summed E-state index contributed by atoms with van der Waals surface area (Å²) in [5, 5.41) is 0. The Morgan fingerprint density at radius 2 is 1.64 bits per heavy atom. The van der Waals surface area contributed by atoms with E-state index < -0.39 is 16.0 Å². The van der Waals surface area contributed by atoms with Gasteiger partial charge in [-0.25, -0.2) is 8.42 Å². The Kier molecular flexibility index (Phi) is 4.82. The number of hydrogen-bond acceptors (Lipinski definition) is 4. The topological polar surface area (TPSA) is 63.7 Å². The first kappa shape index (κ1) is 16.0. The number of nitrogens with zero attached hydrogens (tertiary/aromatic N) is 1. The van der Waals surface area contributed by atoms with E-state index in [0.29, 0.717) is 5.69 Å². The quantitative estimate of drug-likeness (QED) is 0.794. The van der Waals surface area contributed by atoms with Gasteiger partial charge in [-0.2, -0.15) is 0 Å². The molecule has 0 aliphatic rings. The lowest BCUT2D eigenvalue weighted by molar-refractivity contribution is -0.138. The van der Waals surface area contributed by atoms with Gasteiger partial charge in [0.25, 0.3) is 10.0 Å². The van der Waals surface area contributed by atoms with Gasteiger partial charge < -0.3 is 4.74 Å². The molecule has 0 bridgehead atoms. The second-order valence-electron chi connectivity index (χ2n) is 4.74. The van der Waals surface area contributed by atoms with Gasteiger partial charge in [0.05, 0.1) is 17.7 Å². The number of rotatable bonds is 5. The zero-order valence-corrected chi connectivity index (χ0v) is 13.2. The van der Waals surface area contributed by atoms with Gasteiger partial charge in [0, 0.05) is 0 Å². The third kappa shape index (κ3) is 3.46. The average Bonchev–Trinajstić information content (AvgIpc) is 2.54. The van der Waals surface area contributed by atoms with Crippen molar-refractivity contribution in [1.29, 1.82) is 0 Å². The molecule has 5 nitrogen and oxygen atoms in total. The Bertz CT molecular complexity index is 739. The van der Waals surface area contributed by atoms with E-state index in [1.54, 1.807) is 42.5 Å². The summed E-state index contributed by atoms with van der Waals surface area (Å²) in [6.45, 7) is 1.52. The Labute approximate surface area is 130 Å². The summed E-state index contributed by atoms with van der Waals surface area (Å²) in [6, 6.07) is 14.9. The number of benzene rings is 2. The van der Waals surface area contributed by atoms with Crippen LogP contribution in [0, 0.1) is 6.92 Å². The van der Waals surface area contributed by atoms with Gasteiger partial charge in [0.15, 0.2) is 0 Å². The molecule has 0 heterocycles. The highest BCUT2D eigenvalue weighted by molar-refractivity contribution is 7.92. The van der Waals surface area contributed by atoms with E-state index in [9.17, 15) is 13.2 Å². The molecular weight excluding hydrogens is 302 g/mol. The lowest BCUT2D eigenvalue weighted by atomic mass is 10.2. The number of carbonyl (C=O) groups excluding carboxylic acids is 1. The van der Waals surface area contributed by atoms with Crippen molar-refractivity contribution in [1.82, 2.24) is 0 Å². The fourth-order valence-corrected chi connectivity index (χ4v) is 3.36. The van der Waals surface area contributed by atoms with Crippen LogP contribution in [0.4, 0.5) is 5.69 Å². The van der Waals surface area contributed by atoms with E-state index in [4.69, 9.17) is 0 Å². The van der Waals surface area contributed by atoms with Crippen LogP contribution in [0.3, 0.4) is 0 Å². The largest absolute Gasteiger partial charge is 0.468 e. The number of ether oxygens (including phenoxy) is 1. The highest BCUT2D eigenvalue weighted by atomic mass is 32.2. The van der Waals surface area contributed by atoms with Crippen molar-refractivity contribution in [3.05, 3.63) is 60.2 Å². The zero-order valence-electron chi connectivity index (χ0n) is 12.4. The van der Waals surface area contributed by atoms with Gasteiger partial charge in [0.2, 0.25) is 0 Å². The SMILES string of the molecule is COC(=O)CN(c1ccc(C)cc1)S(=O)(=O)c1ccccc1. The second-order valence-corrected chi connectivity index (χ2v) is 6.60. The Balaban J connectivity index is 2.48. The predicted molar refractivity (Wildman–Crippen MR) is 84.2 cm³/mol. The molecule has 0 saturated heterocycles. The fourth-order valence-electron chi connectivity index (χ4n) is 1.93. The molecule has 0 radical (unpaired) electrons. The molecule has 2 aromatic rings. The predicted octanol–water partition coefficient (Wildman–Crippen LogP) is 2.36. The molecule has 2 rings (SSSR count). The van der Waals surface area contributed by atoms with Crippen LogP contribution in [0.25, 0.3) is 0 Å². The standard InChI is InChI=1S/C16H17NO4S/c1-13-8-10-14(11-9-13)17(12-16(18)21-2)22(19,20)15-6-4-3-5-7-15/h3-11H,12H2,1-2H3. The molecule has 0 N–H and O–H groups in total. The average molecular weight is 319 g/mol. The number of esters is 1. The summed E-state index contributed by atoms with van der Waals surface area (Å²) in [5.41, 5.74) is 1.42. The molecule has 6 heteroatoms. The maximum atomic E-state index is 12.8. The van der Waals surface area contributed by atoms with E-state index in [0.717, 1.165) is 9.87 Å². The van der Waals surface area contributed by atoms with Crippen LogP contribution in [0.2, 0.25) is 0 Å². The molecule has 0 atom stereocenters. The number of aryl methyl sites for hydroxylation is 1. The van der Waals surface area contributed by atoms with E-state index >= 15 is 0 Å². The fraction of sp³-hybridized carbons (Fsp3) is 0.188. The van der Waals surface area contributed by atoms with Crippen molar-refractivity contribution in [2.45, 2.75) is 11.8 Å². The third-order valence-corrected chi connectivity index (χ3v) is 4.94. The molecule has 2 aromatic carbocycles. The summed E-state index contributed by atoms with van der Waals surface area (Å²) >= 11 is 0. The van der Waals surface area contributed by atoms with Crippen LogP contribution in [-0.4, -0.2) is 28.0 Å². The van der Waals surface area contributed by atoms with Gasteiger partial charge in [-0.15, -0.1) is 0 Å². The van der Waals surface area contributed by atoms with E-state index in [-0.39, 0.29) is 11.4 Å². The molecule has 0 aliphatic carbocycles. The number of anilines is 1. The minimum atomic E-state index is -3.84. The molecule has 0 saturated carbocycles. The van der Waals surface area contributed by atoms with Gasteiger partial charge in [-0.05, 0) is 31.2 Å². The van der Waals surface area contributed by atoms with Crippen LogP contribution in [0.1, 0.15) is 5.56 Å². The normalized spacial score (nSPS) is 11.0. The smallest absolute Gasteiger partial charge is 0.326 e. The van der Waals surface area contributed by atoms with Gasteiger partial charge in [-0.1, -0.05) is 35.9 Å². The highest BCUT2D eigenvalue weighted by Gasteiger charge is 2.27. The summed E-state index contributed by atoms with van der Waals surface area (Å²) in [4.78, 5) is 11.7. The van der Waals surface area contributed by atoms with Crippen LogP contribution < -0.4 is 4.31 Å². The van der Waals surface area contributed by atoms with Crippen molar-refractivity contribution in [3.63, 3.8) is 0 Å². The van der Waals surface area contributed by atoms with E-state index in [1.807, 2.05) is 6.92 Å². The number of sulfonamides is 1. The lowest BCUT2D eigenvalue weighted by Gasteiger charge is -2.23.